The fraction of sp³-hybridized carbons (Fsp3) is 0.379. The van der Waals surface area contributed by atoms with Crippen molar-refractivity contribution in [1.29, 1.82) is 0 Å². The fourth-order valence-electron chi connectivity index (χ4n) is 5.94. The highest BCUT2D eigenvalue weighted by Gasteiger charge is 2.33. The lowest BCUT2D eigenvalue weighted by Gasteiger charge is -2.27. The van der Waals surface area contributed by atoms with Crippen LogP contribution in [0.15, 0.2) is 48.5 Å². The summed E-state index contributed by atoms with van der Waals surface area (Å²) in [5.41, 5.74) is 18.6. The van der Waals surface area contributed by atoms with E-state index in [9.17, 15) is 4.79 Å². The number of aryl methyl sites for hydroxylation is 1. The minimum absolute atomic E-state index is 0.0122. The van der Waals surface area contributed by atoms with E-state index in [0.717, 1.165) is 60.4 Å². The lowest BCUT2D eigenvalue weighted by molar-refractivity contribution is 0.136. The summed E-state index contributed by atoms with van der Waals surface area (Å²) in [5, 5.41) is 11.1. The first-order valence-electron chi connectivity index (χ1n) is 13.6. The summed E-state index contributed by atoms with van der Waals surface area (Å²) in [6, 6.07) is 16.0. The molecule has 0 spiro atoms. The average Bonchev–Trinajstić information content (AvgIpc) is 3.55. The van der Waals surface area contributed by atoms with Crippen LogP contribution in [0, 0.1) is 12.8 Å². The molecule has 1 unspecified atom stereocenters. The van der Waals surface area contributed by atoms with Crippen LogP contribution in [0.5, 0.6) is 0 Å². The molecule has 3 heterocycles. The Morgan fingerprint density at radius 1 is 1.08 bits per heavy atom. The predicted octanol–water partition coefficient (Wildman–Crippen LogP) is 4.51. The number of imidazole rings is 1. The highest BCUT2D eigenvalue weighted by molar-refractivity contribution is 5.73. The number of nitrogens with one attached hydrogen (secondary N) is 2. The molecule has 2 aromatic carbocycles. The number of rotatable bonds is 6. The molecule has 6 N–H and O–H groups in total. The molecule has 1 fully saturated rings. The monoisotopic (exact) mass is 526 g/mol. The summed E-state index contributed by atoms with van der Waals surface area (Å²) in [6.07, 6.45) is 4.25. The maximum atomic E-state index is 12.2. The Morgan fingerprint density at radius 2 is 1.87 bits per heavy atom. The van der Waals surface area contributed by atoms with Crippen molar-refractivity contribution in [3.63, 3.8) is 0 Å². The topological polar surface area (TPSA) is 145 Å². The number of anilines is 3. The molecule has 10 nitrogen and oxygen atoms in total. The van der Waals surface area contributed by atoms with Gasteiger partial charge in [0.1, 0.15) is 17.9 Å². The summed E-state index contributed by atoms with van der Waals surface area (Å²) < 4.78 is 7.17. The van der Waals surface area contributed by atoms with Crippen LogP contribution in [0.3, 0.4) is 0 Å². The molecule has 6 rings (SSSR count). The molecule has 2 aliphatic rings. The first-order valence-corrected chi connectivity index (χ1v) is 13.6. The van der Waals surface area contributed by atoms with Crippen LogP contribution in [0.1, 0.15) is 65.9 Å². The maximum Gasteiger partial charge on any atom is 0.407 e. The van der Waals surface area contributed by atoms with E-state index in [4.69, 9.17) is 21.2 Å². The lowest BCUT2D eigenvalue weighted by Crippen LogP contribution is -2.31. The number of carbonyl (C=O) groups is 1. The number of fused-ring (bicyclic) bond motifs is 2. The van der Waals surface area contributed by atoms with Gasteiger partial charge >= 0.3 is 6.09 Å². The number of para-hydroxylation sites is 1. The molecule has 0 saturated heterocycles. The molecule has 1 saturated carbocycles. The standard InChI is InChI=1S/C29H34N8O2/c1-17-6-5-9-21-14-22(33-23(17)21)24-25-26(30)35-28(31)36-37(25)27(34-24)20-12-10-18(11-13-20)15-32-29(38)39-16-19-7-3-2-4-8-19/h2-9,18,20,22,33H,10-16H2,1H3,(H,32,38)(H4,30,31,35,36)/t18-,20-,22?. The zero-order chi connectivity index (χ0) is 26.9. The third-order valence-corrected chi connectivity index (χ3v) is 7.98. The first-order chi connectivity index (χ1) is 19.0. The molecule has 4 aromatic rings. The molecule has 2 aromatic heterocycles. The van der Waals surface area contributed by atoms with Crippen molar-refractivity contribution >= 4 is 29.1 Å². The summed E-state index contributed by atoms with van der Waals surface area (Å²) in [7, 11) is 0. The number of hydrogen-bond acceptors (Lipinski definition) is 8. The molecule has 202 valence electrons. The van der Waals surface area contributed by atoms with Crippen LogP contribution in [-0.4, -0.2) is 32.2 Å². The number of benzene rings is 2. The number of nitrogens with two attached hydrogens (primary N) is 2. The van der Waals surface area contributed by atoms with Gasteiger partial charge in [-0.15, -0.1) is 5.10 Å². The molecule has 0 bridgehead atoms. The molecule has 1 atom stereocenters. The molecule has 1 amide bonds. The number of amides is 1. The molecule has 1 aliphatic carbocycles. The third kappa shape index (κ3) is 5.06. The Labute approximate surface area is 227 Å². The van der Waals surface area contributed by atoms with Crippen LogP contribution >= 0.6 is 0 Å². The van der Waals surface area contributed by atoms with E-state index in [1.54, 1.807) is 0 Å². The van der Waals surface area contributed by atoms with Crippen molar-refractivity contribution < 1.29 is 9.53 Å². The maximum absolute atomic E-state index is 12.2. The van der Waals surface area contributed by atoms with Gasteiger partial charge in [0.25, 0.3) is 0 Å². The Kier molecular flexibility index (Phi) is 6.68. The first kappa shape index (κ1) is 25.0. The smallest absolute Gasteiger partial charge is 0.407 e. The molecule has 1 aliphatic heterocycles. The molecular formula is C29H34N8O2. The van der Waals surface area contributed by atoms with Crippen LogP contribution in [0.4, 0.5) is 22.2 Å². The lowest BCUT2D eigenvalue weighted by atomic mass is 9.81. The van der Waals surface area contributed by atoms with Crippen molar-refractivity contribution in [2.45, 2.75) is 57.6 Å². The van der Waals surface area contributed by atoms with E-state index >= 15 is 0 Å². The average molecular weight is 527 g/mol. The van der Waals surface area contributed by atoms with Gasteiger partial charge in [-0.2, -0.15) is 4.98 Å². The molecule has 10 heteroatoms. The zero-order valence-corrected chi connectivity index (χ0v) is 22.1. The van der Waals surface area contributed by atoms with Gasteiger partial charge in [0.15, 0.2) is 5.82 Å². The summed E-state index contributed by atoms with van der Waals surface area (Å²) >= 11 is 0. The van der Waals surface area contributed by atoms with Gasteiger partial charge in [-0.1, -0.05) is 48.5 Å². The normalized spacial score (nSPS) is 20.4. The quantitative estimate of drug-likeness (QED) is 0.287. The zero-order valence-electron chi connectivity index (χ0n) is 22.1. The summed E-state index contributed by atoms with van der Waals surface area (Å²) in [6.45, 7) is 2.97. The van der Waals surface area contributed by atoms with Crippen LogP contribution in [0.2, 0.25) is 0 Å². The van der Waals surface area contributed by atoms with Crippen LogP contribution < -0.4 is 22.1 Å². The number of aromatic nitrogens is 4. The number of nitrogens with zero attached hydrogens (tertiary/aromatic N) is 4. The van der Waals surface area contributed by atoms with Crippen LogP contribution in [-0.2, 0) is 17.8 Å². The van der Waals surface area contributed by atoms with Crippen LogP contribution in [0.25, 0.3) is 5.52 Å². The summed E-state index contributed by atoms with van der Waals surface area (Å²) in [5.74, 6) is 1.96. The van der Waals surface area contributed by atoms with Gasteiger partial charge in [0.2, 0.25) is 5.95 Å². The SMILES string of the molecule is Cc1cccc2c1NC(c1nc([C@H]3CC[C@H](CNC(=O)OCc4ccccc4)CC3)n3nc(N)nc(N)c13)C2. The Balaban J connectivity index is 1.13. The highest BCUT2D eigenvalue weighted by Crippen LogP contribution is 2.41. The number of alkyl carbamates (subject to hydrolysis) is 1. The van der Waals surface area contributed by atoms with Gasteiger partial charge in [-0.25, -0.2) is 14.3 Å². The number of ether oxygens (including phenoxy) is 1. The second-order valence-electron chi connectivity index (χ2n) is 10.6. The van der Waals surface area contributed by atoms with Gasteiger partial charge in [0.05, 0.1) is 11.7 Å². The number of nitrogen functional groups attached to an aromatic ring is 2. The highest BCUT2D eigenvalue weighted by atomic mass is 16.5. The van der Waals surface area contributed by atoms with Gasteiger partial charge in [0, 0.05) is 24.6 Å². The second-order valence-corrected chi connectivity index (χ2v) is 10.6. The predicted molar refractivity (Wildman–Crippen MR) is 150 cm³/mol. The van der Waals surface area contributed by atoms with E-state index < -0.39 is 0 Å². The molecule has 0 radical (unpaired) electrons. The Bertz CT molecular complexity index is 1490. The minimum atomic E-state index is -0.382. The fourth-order valence-corrected chi connectivity index (χ4v) is 5.94. The molecule has 39 heavy (non-hydrogen) atoms. The summed E-state index contributed by atoms with van der Waals surface area (Å²) in [4.78, 5) is 21.6. The van der Waals surface area contributed by atoms with E-state index in [-0.39, 0.29) is 30.6 Å². The van der Waals surface area contributed by atoms with Crippen molar-refractivity contribution in [2.24, 2.45) is 5.92 Å². The van der Waals surface area contributed by atoms with E-state index in [1.807, 2.05) is 34.8 Å². The Hall–Kier alpha value is -4.34. The van der Waals surface area contributed by atoms with E-state index in [1.165, 1.54) is 11.1 Å². The minimum Gasteiger partial charge on any atom is -0.445 e. The molecular weight excluding hydrogens is 492 g/mol. The van der Waals surface area contributed by atoms with Crippen molar-refractivity contribution in [1.82, 2.24) is 24.9 Å². The second kappa shape index (κ2) is 10.4. The van der Waals surface area contributed by atoms with Crippen molar-refractivity contribution in [3.8, 4) is 0 Å². The largest absolute Gasteiger partial charge is 0.445 e. The van der Waals surface area contributed by atoms with Gasteiger partial charge in [-0.05, 0) is 55.2 Å². The third-order valence-electron chi connectivity index (χ3n) is 7.98. The van der Waals surface area contributed by atoms with E-state index in [0.29, 0.717) is 18.3 Å². The van der Waals surface area contributed by atoms with E-state index in [2.05, 4.69) is 45.8 Å². The van der Waals surface area contributed by atoms with Crippen molar-refractivity contribution in [3.05, 3.63) is 76.7 Å². The van der Waals surface area contributed by atoms with Gasteiger partial charge < -0.3 is 26.8 Å². The number of carbonyl (C=O) groups excluding carboxylic acids is 1. The van der Waals surface area contributed by atoms with Gasteiger partial charge in [-0.3, -0.25) is 0 Å². The number of hydrogen-bond donors (Lipinski definition) is 4. The Morgan fingerprint density at radius 3 is 2.64 bits per heavy atom. The van der Waals surface area contributed by atoms with Crippen molar-refractivity contribution in [2.75, 3.05) is 23.3 Å².